The second kappa shape index (κ2) is 6.77. The van der Waals surface area contributed by atoms with Crippen molar-refractivity contribution < 1.29 is 9.53 Å². The summed E-state index contributed by atoms with van der Waals surface area (Å²) in [6.07, 6.45) is 2.40. The number of aliphatic hydroxyl groups excluding tert-OH is 1. The van der Waals surface area contributed by atoms with Gasteiger partial charge in [0.25, 0.3) is 0 Å². The van der Waals surface area contributed by atoms with E-state index in [9.17, 15) is 5.11 Å². The van der Waals surface area contributed by atoms with Gasteiger partial charge in [0.15, 0.2) is 0 Å². The largest absolute Gasteiger partial charge is 0.544 e. The maximum Gasteiger partial charge on any atom is 0.250 e. The molecule has 1 rings (SSSR count). The third-order valence-corrected chi connectivity index (χ3v) is 8.70. The lowest BCUT2D eigenvalue weighted by Crippen LogP contribution is -2.43. The highest BCUT2D eigenvalue weighted by molar-refractivity contribution is 6.74. The molecule has 0 aromatic heterocycles. The first-order valence-corrected chi connectivity index (χ1v) is 10.5. The van der Waals surface area contributed by atoms with Gasteiger partial charge in [0.1, 0.15) is 5.75 Å². The SMILES string of the molecule is CC[C@H](O)CCc1ccc(O[Si](C)(C)C(C)(C)C)cc1. The minimum atomic E-state index is -1.75. The molecular formula is C17H30O2Si. The van der Waals surface area contributed by atoms with Crippen molar-refractivity contribution in [3.63, 3.8) is 0 Å². The zero-order chi connectivity index (χ0) is 15.4. The topological polar surface area (TPSA) is 29.5 Å². The highest BCUT2D eigenvalue weighted by Gasteiger charge is 2.38. The Morgan fingerprint density at radius 2 is 1.70 bits per heavy atom. The van der Waals surface area contributed by atoms with Gasteiger partial charge in [-0.15, -0.1) is 0 Å². The van der Waals surface area contributed by atoms with Crippen LogP contribution in [0.4, 0.5) is 0 Å². The van der Waals surface area contributed by atoms with Gasteiger partial charge in [-0.05, 0) is 55.1 Å². The van der Waals surface area contributed by atoms with Crippen molar-refractivity contribution in [3.8, 4) is 5.75 Å². The van der Waals surface area contributed by atoms with E-state index < -0.39 is 8.32 Å². The quantitative estimate of drug-likeness (QED) is 0.765. The van der Waals surface area contributed by atoms with E-state index in [0.29, 0.717) is 0 Å². The summed E-state index contributed by atoms with van der Waals surface area (Å²) in [6.45, 7) is 13.3. The summed E-state index contributed by atoms with van der Waals surface area (Å²) in [7, 11) is -1.75. The van der Waals surface area contributed by atoms with Crippen molar-refractivity contribution in [2.24, 2.45) is 0 Å². The van der Waals surface area contributed by atoms with Gasteiger partial charge in [-0.2, -0.15) is 0 Å². The molecule has 0 aliphatic carbocycles. The molecule has 0 spiro atoms. The van der Waals surface area contributed by atoms with E-state index in [2.05, 4.69) is 58.1 Å². The summed E-state index contributed by atoms with van der Waals surface area (Å²) in [5.41, 5.74) is 1.26. The van der Waals surface area contributed by atoms with Gasteiger partial charge in [-0.3, -0.25) is 0 Å². The number of aliphatic hydroxyl groups is 1. The van der Waals surface area contributed by atoms with Crippen molar-refractivity contribution >= 4 is 8.32 Å². The molecule has 20 heavy (non-hydrogen) atoms. The summed E-state index contributed by atoms with van der Waals surface area (Å²) >= 11 is 0. The standard InChI is InChI=1S/C17H30O2Si/c1-7-15(18)11-8-14-9-12-16(13-10-14)19-20(5,6)17(2,3)4/h9-10,12-13,15,18H,7-8,11H2,1-6H3/t15-/m0/s1. The second-order valence-corrected chi connectivity index (χ2v) is 11.8. The van der Waals surface area contributed by atoms with Gasteiger partial charge in [-0.1, -0.05) is 39.8 Å². The maximum atomic E-state index is 9.60. The van der Waals surface area contributed by atoms with E-state index in [1.165, 1.54) is 5.56 Å². The van der Waals surface area contributed by atoms with Crippen LogP contribution >= 0.6 is 0 Å². The lowest BCUT2D eigenvalue weighted by atomic mass is 10.1. The Bertz CT molecular complexity index is 404. The van der Waals surface area contributed by atoms with Crippen molar-refractivity contribution in [3.05, 3.63) is 29.8 Å². The summed E-state index contributed by atoms with van der Waals surface area (Å²) in [5, 5.41) is 9.82. The van der Waals surface area contributed by atoms with Gasteiger partial charge < -0.3 is 9.53 Å². The molecule has 3 heteroatoms. The van der Waals surface area contributed by atoms with Gasteiger partial charge in [0.05, 0.1) is 6.10 Å². The van der Waals surface area contributed by atoms with Crippen molar-refractivity contribution in [1.82, 2.24) is 0 Å². The Hall–Kier alpha value is -0.803. The van der Waals surface area contributed by atoms with E-state index in [4.69, 9.17) is 4.43 Å². The van der Waals surface area contributed by atoms with E-state index in [0.717, 1.165) is 25.0 Å². The van der Waals surface area contributed by atoms with Gasteiger partial charge in [0.2, 0.25) is 8.32 Å². The Morgan fingerprint density at radius 3 is 2.15 bits per heavy atom. The maximum absolute atomic E-state index is 9.60. The minimum absolute atomic E-state index is 0.182. The zero-order valence-corrected chi connectivity index (χ0v) is 14.9. The Kier molecular flexibility index (Phi) is 5.84. The summed E-state index contributed by atoms with van der Waals surface area (Å²) in [6, 6.07) is 8.36. The molecule has 1 atom stereocenters. The van der Waals surface area contributed by atoms with Crippen LogP contribution in [-0.2, 0) is 6.42 Å². The molecule has 1 aromatic carbocycles. The molecule has 0 bridgehead atoms. The first kappa shape index (κ1) is 17.2. The van der Waals surface area contributed by atoms with Gasteiger partial charge in [0, 0.05) is 0 Å². The predicted octanol–water partition coefficient (Wildman–Crippen LogP) is 4.77. The number of hydrogen-bond acceptors (Lipinski definition) is 2. The molecular weight excluding hydrogens is 264 g/mol. The van der Waals surface area contributed by atoms with Gasteiger partial charge in [-0.25, -0.2) is 0 Å². The van der Waals surface area contributed by atoms with Gasteiger partial charge >= 0.3 is 0 Å². The third-order valence-electron chi connectivity index (χ3n) is 4.34. The molecule has 0 unspecified atom stereocenters. The highest BCUT2D eigenvalue weighted by atomic mass is 28.4. The molecule has 0 saturated heterocycles. The molecule has 0 aliphatic rings. The Morgan fingerprint density at radius 1 is 1.15 bits per heavy atom. The Balaban J connectivity index is 2.63. The van der Waals surface area contributed by atoms with Crippen molar-refractivity contribution in [2.45, 2.75) is 71.2 Å². The van der Waals surface area contributed by atoms with Crippen molar-refractivity contribution in [2.75, 3.05) is 0 Å². The first-order valence-electron chi connectivity index (χ1n) is 7.61. The lowest BCUT2D eigenvalue weighted by molar-refractivity contribution is 0.160. The molecule has 0 amide bonds. The van der Waals surface area contributed by atoms with Crippen LogP contribution in [0.15, 0.2) is 24.3 Å². The fourth-order valence-corrected chi connectivity index (χ4v) is 2.74. The molecule has 0 saturated carbocycles. The molecule has 0 radical (unpaired) electrons. The van der Waals surface area contributed by atoms with Crippen LogP contribution in [0.1, 0.15) is 46.1 Å². The van der Waals surface area contributed by atoms with Crippen LogP contribution in [0.5, 0.6) is 5.75 Å². The smallest absolute Gasteiger partial charge is 0.250 e. The highest BCUT2D eigenvalue weighted by Crippen LogP contribution is 2.37. The average Bonchev–Trinajstić information content (AvgIpc) is 2.35. The normalized spacial score (nSPS) is 14.2. The molecule has 0 heterocycles. The van der Waals surface area contributed by atoms with E-state index >= 15 is 0 Å². The Labute approximate surface area is 125 Å². The first-order chi connectivity index (χ1) is 9.15. The van der Waals surface area contributed by atoms with Crippen LogP contribution in [0, 0.1) is 0 Å². The number of aryl methyl sites for hydroxylation is 1. The summed E-state index contributed by atoms with van der Waals surface area (Å²) in [5.74, 6) is 0.969. The number of rotatable bonds is 6. The fraction of sp³-hybridized carbons (Fsp3) is 0.647. The number of benzene rings is 1. The molecule has 0 fully saturated rings. The average molecular weight is 295 g/mol. The predicted molar refractivity (Wildman–Crippen MR) is 88.9 cm³/mol. The third kappa shape index (κ3) is 4.95. The van der Waals surface area contributed by atoms with Crippen LogP contribution in [0.3, 0.4) is 0 Å². The molecule has 1 aromatic rings. The molecule has 2 nitrogen and oxygen atoms in total. The number of hydrogen-bond donors (Lipinski definition) is 1. The van der Waals surface area contributed by atoms with E-state index in [-0.39, 0.29) is 11.1 Å². The monoisotopic (exact) mass is 294 g/mol. The van der Waals surface area contributed by atoms with Crippen LogP contribution in [-0.4, -0.2) is 19.5 Å². The molecule has 1 N–H and O–H groups in total. The summed E-state index contributed by atoms with van der Waals surface area (Å²) < 4.78 is 6.26. The zero-order valence-electron chi connectivity index (χ0n) is 13.9. The van der Waals surface area contributed by atoms with Crippen LogP contribution in [0.25, 0.3) is 0 Å². The summed E-state index contributed by atoms with van der Waals surface area (Å²) in [4.78, 5) is 0. The molecule has 114 valence electrons. The fourth-order valence-electron chi connectivity index (χ4n) is 1.71. The van der Waals surface area contributed by atoms with Crippen LogP contribution < -0.4 is 4.43 Å². The van der Waals surface area contributed by atoms with Crippen LogP contribution in [0.2, 0.25) is 18.1 Å². The van der Waals surface area contributed by atoms with E-state index in [1.807, 2.05) is 6.92 Å². The lowest BCUT2D eigenvalue weighted by Gasteiger charge is -2.36. The van der Waals surface area contributed by atoms with Crippen molar-refractivity contribution in [1.29, 1.82) is 0 Å². The minimum Gasteiger partial charge on any atom is -0.544 e. The second-order valence-electron chi connectivity index (χ2n) is 7.11. The molecule has 0 aliphatic heterocycles. The van der Waals surface area contributed by atoms with E-state index in [1.54, 1.807) is 0 Å².